The molecule has 0 rings (SSSR count). The van der Waals surface area contributed by atoms with Crippen molar-refractivity contribution >= 4 is 11.9 Å². The van der Waals surface area contributed by atoms with Crippen molar-refractivity contribution in [3.63, 3.8) is 0 Å². The van der Waals surface area contributed by atoms with Crippen molar-refractivity contribution in [2.75, 3.05) is 7.11 Å². The maximum Gasteiger partial charge on any atom is 0.328 e. The van der Waals surface area contributed by atoms with E-state index >= 15 is 0 Å². The van der Waals surface area contributed by atoms with E-state index in [0.29, 0.717) is 6.42 Å². The summed E-state index contributed by atoms with van der Waals surface area (Å²) in [6, 6.07) is -1.14. The van der Waals surface area contributed by atoms with Gasteiger partial charge in [0.1, 0.15) is 12.1 Å². The smallest absolute Gasteiger partial charge is 0.328 e. The lowest BCUT2D eigenvalue weighted by atomic mass is 9.97. The Balaban J connectivity index is 4.72. The molecule has 6 heteroatoms. The van der Waals surface area contributed by atoms with Crippen LogP contribution in [0.15, 0.2) is 0 Å². The van der Waals surface area contributed by atoms with E-state index < -0.39 is 18.1 Å². The normalized spacial score (nSPS) is 15.7. The first kappa shape index (κ1) is 17.9. The van der Waals surface area contributed by atoms with Gasteiger partial charge in [-0.25, -0.2) is 10.2 Å². The maximum atomic E-state index is 12.1. The van der Waals surface area contributed by atoms with Crippen LogP contribution in [-0.4, -0.2) is 31.1 Å². The molecule has 0 saturated carbocycles. The van der Waals surface area contributed by atoms with Crippen LogP contribution < -0.4 is 16.6 Å². The summed E-state index contributed by atoms with van der Waals surface area (Å²) in [6.07, 6.45) is 1.35. The summed E-state index contributed by atoms with van der Waals surface area (Å²) in [7, 11) is 1.31. The average Bonchev–Trinajstić information content (AvgIpc) is 2.36. The van der Waals surface area contributed by atoms with E-state index in [1.54, 1.807) is 0 Å². The molecule has 19 heavy (non-hydrogen) atoms. The van der Waals surface area contributed by atoms with Gasteiger partial charge in [-0.3, -0.25) is 10.6 Å². The summed E-state index contributed by atoms with van der Waals surface area (Å²) in [6.45, 7) is 7.87. The summed E-state index contributed by atoms with van der Waals surface area (Å²) >= 11 is 0. The Morgan fingerprint density at radius 2 is 1.84 bits per heavy atom. The second kappa shape index (κ2) is 8.87. The summed E-state index contributed by atoms with van der Waals surface area (Å²) in [5, 5.41) is 2.71. The van der Waals surface area contributed by atoms with E-state index in [1.165, 1.54) is 7.11 Å². The molecular formula is C13H27N3O3. The topological polar surface area (TPSA) is 93.5 Å². The van der Waals surface area contributed by atoms with Gasteiger partial charge in [-0.2, -0.15) is 0 Å². The molecule has 0 unspecified atom stereocenters. The van der Waals surface area contributed by atoms with Crippen LogP contribution in [0.1, 0.15) is 40.5 Å². The van der Waals surface area contributed by atoms with Gasteiger partial charge >= 0.3 is 5.97 Å². The fourth-order valence-electron chi connectivity index (χ4n) is 1.82. The number of hydrazine groups is 1. The quantitative estimate of drug-likeness (QED) is 0.341. The Bertz CT molecular complexity index is 295. The highest BCUT2D eigenvalue weighted by Gasteiger charge is 2.28. The number of ether oxygens (including phenoxy) is 1. The number of carbonyl (C=O) groups is 2. The number of esters is 1. The molecule has 1 amide bonds. The van der Waals surface area contributed by atoms with Gasteiger partial charge in [-0.05, 0) is 18.3 Å². The van der Waals surface area contributed by atoms with Gasteiger partial charge < -0.3 is 10.1 Å². The Hall–Kier alpha value is -1.14. The van der Waals surface area contributed by atoms with E-state index in [0.717, 1.165) is 6.42 Å². The molecule has 3 atom stereocenters. The molecule has 0 aliphatic carbocycles. The minimum absolute atomic E-state index is 0.0855. The Labute approximate surface area is 115 Å². The number of hydrogen-bond acceptors (Lipinski definition) is 5. The van der Waals surface area contributed by atoms with E-state index in [9.17, 15) is 9.59 Å². The monoisotopic (exact) mass is 273 g/mol. The summed E-state index contributed by atoms with van der Waals surface area (Å²) in [5.41, 5.74) is 2.50. The molecule has 0 fully saturated rings. The molecule has 0 saturated heterocycles. The highest BCUT2D eigenvalue weighted by molar-refractivity contribution is 5.87. The summed E-state index contributed by atoms with van der Waals surface area (Å²) in [5.74, 6) is 5.07. The van der Waals surface area contributed by atoms with E-state index in [-0.39, 0.29) is 17.7 Å². The van der Waals surface area contributed by atoms with E-state index in [1.807, 2.05) is 27.7 Å². The number of rotatable bonds is 8. The maximum absolute atomic E-state index is 12.1. The number of carbonyl (C=O) groups excluding carboxylic acids is 2. The summed E-state index contributed by atoms with van der Waals surface area (Å²) < 4.78 is 4.71. The second-order valence-corrected chi connectivity index (χ2v) is 5.24. The van der Waals surface area contributed by atoms with Gasteiger partial charge in [0.2, 0.25) is 5.91 Å². The predicted molar refractivity (Wildman–Crippen MR) is 74.0 cm³/mol. The first-order chi connectivity index (χ1) is 8.87. The van der Waals surface area contributed by atoms with E-state index in [4.69, 9.17) is 10.6 Å². The number of nitrogens with one attached hydrogen (secondary N) is 2. The number of methoxy groups -OCH3 is 1. The highest BCUT2D eigenvalue weighted by atomic mass is 16.5. The lowest BCUT2D eigenvalue weighted by Crippen LogP contribution is -2.54. The van der Waals surface area contributed by atoms with Crippen LogP contribution in [0.4, 0.5) is 0 Å². The Kier molecular flexibility index (Phi) is 8.34. The SMILES string of the molecule is CC[C@H](C)[C@H](NN)C(=O)N[C@@H](CC(C)C)C(=O)OC. The minimum atomic E-state index is -0.627. The molecule has 4 N–H and O–H groups in total. The van der Waals surface area contributed by atoms with Crippen LogP contribution in [0.2, 0.25) is 0 Å². The van der Waals surface area contributed by atoms with Gasteiger partial charge in [0.25, 0.3) is 0 Å². The van der Waals surface area contributed by atoms with Gasteiger partial charge in [0.05, 0.1) is 7.11 Å². The van der Waals surface area contributed by atoms with Crippen LogP contribution in [-0.2, 0) is 14.3 Å². The standard InChI is InChI=1S/C13H27N3O3/c1-6-9(4)11(16-14)12(17)15-10(7-8(2)3)13(18)19-5/h8-11,16H,6-7,14H2,1-5H3,(H,15,17)/t9-,10-,11-/m0/s1. The molecular weight excluding hydrogens is 246 g/mol. The van der Waals surface area contributed by atoms with Gasteiger partial charge in [0.15, 0.2) is 0 Å². The van der Waals surface area contributed by atoms with E-state index in [2.05, 4.69) is 10.7 Å². The third-order valence-corrected chi connectivity index (χ3v) is 3.18. The largest absolute Gasteiger partial charge is 0.467 e. The third kappa shape index (κ3) is 6.02. The molecule has 0 radical (unpaired) electrons. The number of nitrogens with two attached hydrogens (primary N) is 1. The van der Waals surface area contributed by atoms with Crippen LogP contribution in [0.5, 0.6) is 0 Å². The molecule has 0 heterocycles. The average molecular weight is 273 g/mol. The van der Waals surface area contributed by atoms with Crippen LogP contribution >= 0.6 is 0 Å². The molecule has 0 aromatic rings. The molecule has 0 aliphatic heterocycles. The fourth-order valence-corrected chi connectivity index (χ4v) is 1.82. The minimum Gasteiger partial charge on any atom is -0.467 e. The molecule has 0 aromatic heterocycles. The zero-order valence-corrected chi connectivity index (χ0v) is 12.5. The van der Waals surface area contributed by atoms with Crippen molar-refractivity contribution in [1.29, 1.82) is 0 Å². The van der Waals surface area contributed by atoms with Crippen molar-refractivity contribution in [1.82, 2.24) is 10.7 Å². The lowest BCUT2D eigenvalue weighted by molar-refractivity contribution is -0.146. The van der Waals surface area contributed by atoms with Crippen molar-refractivity contribution in [2.24, 2.45) is 17.7 Å². The van der Waals surface area contributed by atoms with Gasteiger partial charge in [0, 0.05) is 0 Å². The van der Waals surface area contributed by atoms with Crippen molar-refractivity contribution in [3.05, 3.63) is 0 Å². The third-order valence-electron chi connectivity index (χ3n) is 3.18. The van der Waals surface area contributed by atoms with Crippen LogP contribution in [0.25, 0.3) is 0 Å². The number of amides is 1. The highest BCUT2D eigenvalue weighted by Crippen LogP contribution is 2.10. The Morgan fingerprint density at radius 3 is 2.21 bits per heavy atom. The molecule has 112 valence electrons. The molecule has 0 spiro atoms. The van der Waals surface area contributed by atoms with Crippen molar-refractivity contribution in [3.8, 4) is 0 Å². The Morgan fingerprint density at radius 1 is 1.26 bits per heavy atom. The lowest BCUT2D eigenvalue weighted by Gasteiger charge is -2.25. The van der Waals surface area contributed by atoms with Crippen molar-refractivity contribution < 1.29 is 14.3 Å². The predicted octanol–water partition coefficient (Wildman–Crippen LogP) is 0.568. The van der Waals surface area contributed by atoms with Crippen LogP contribution in [0.3, 0.4) is 0 Å². The molecule has 0 aliphatic rings. The van der Waals surface area contributed by atoms with Crippen molar-refractivity contribution in [2.45, 2.75) is 52.6 Å². The first-order valence-electron chi connectivity index (χ1n) is 6.71. The molecule has 6 nitrogen and oxygen atoms in total. The fraction of sp³-hybridized carbons (Fsp3) is 0.846. The summed E-state index contributed by atoms with van der Waals surface area (Å²) in [4.78, 5) is 23.8. The zero-order valence-electron chi connectivity index (χ0n) is 12.5. The van der Waals surface area contributed by atoms with Gasteiger partial charge in [-0.15, -0.1) is 0 Å². The number of hydrogen-bond donors (Lipinski definition) is 3. The van der Waals surface area contributed by atoms with Crippen LogP contribution in [0, 0.1) is 11.8 Å². The first-order valence-corrected chi connectivity index (χ1v) is 6.71. The molecule has 0 bridgehead atoms. The zero-order chi connectivity index (χ0) is 15.0. The second-order valence-electron chi connectivity index (χ2n) is 5.24. The van der Waals surface area contributed by atoms with Gasteiger partial charge in [-0.1, -0.05) is 34.1 Å². The molecule has 0 aromatic carbocycles.